The van der Waals surface area contributed by atoms with E-state index in [9.17, 15) is 0 Å². The van der Waals surface area contributed by atoms with Crippen molar-refractivity contribution in [3.8, 4) is 0 Å². The van der Waals surface area contributed by atoms with Gasteiger partial charge in [0.2, 0.25) is 0 Å². The topological polar surface area (TPSA) is 12.0 Å². The van der Waals surface area contributed by atoms with Crippen molar-refractivity contribution in [2.75, 3.05) is 6.54 Å². The predicted molar refractivity (Wildman–Crippen MR) is 86.4 cm³/mol. The smallest absolute Gasteiger partial charge is 0.00966 e. The molecule has 1 aliphatic carbocycles. The molecule has 1 saturated carbocycles. The normalized spacial score (nSPS) is 27.3. The fourth-order valence-corrected chi connectivity index (χ4v) is 3.25. The van der Waals surface area contributed by atoms with Crippen LogP contribution in [-0.4, -0.2) is 12.1 Å². The zero-order valence-corrected chi connectivity index (χ0v) is 14.1. The van der Waals surface area contributed by atoms with E-state index in [1.165, 1.54) is 37.8 Å². The van der Waals surface area contributed by atoms with Crippen LogP contribution < -0.4 is 5.32 Å². The average Bonchev–Trinajstić information content (AvgIpc) is 2.25. The Bertz CT molecular complexity index is 295. The first-order valence-corrected chi connectivity index (χ1v) is 8.04. The van der Waals surface area contributed by atoms with Gasteiger partial charge in [-0.15, -0.1) is 0 Å². The molecule has 1 rings (SSSR count). The predicted octanol–water partition coefficient (Wildman–Crippen LogP) is 5.17. The van der Waals surface area contributed by atoms with Crippen LogP contribution in [0.15, 0.2) is 12.2 Å². The molecule has 2 unspecified atom stereocenters. The second kappa shape index (κ2) is 6.43. The first kappa shape index (κ1) is 16.8. The minimum atomic E-state index is 0.235. The largest absolute Gasteiger partial charge is 0.312 e. The SMILES string of the molecule is C=C(CC)CC1CC(C)(C)CCC1CNC(C)(C)C. The zero-order valence-electron chi connectivity index (χ0n) is 14.1. The highest BCUT2D eigenvalue weighted by Crippen LogP contribution is 2.44. The van der Waals surface area contributed by atoms with E-state index in [0.29, 0.717) is 5.41 Å². The maximum Gasteiger partial charge on any atom is 0.00966 e. The second-order valence-electron chi connectivity index (χ2n) is 8.37. The lowest BCUT2D eigenvalue weighted by molar-refractivity contribution is 0.111. The van der Waals surface area contributed by atoms with Crippen LogP contribution in [0.25, 0.3) is 0 Å². The highest BCUT2D eigenvalue weighted by molar-refractivity contribution is 4.99. The first-order valence-electron chi connectivity index (χ1n) is 8.04. The molecule has 19 heavy (non-hydrogen) atoms. The molecule has 1 heteroatoms. The van der Waals surface area contributed by atoms with Gasteiger partial charge in [0.15, 0.2) is 0 Å². The minimum absolute atomic E-state index is 0.235. The van der Waals surface area contributed by atoms with Gasteiger partial charge in [-0.05, 0) is 76.7 Å². The lowest BCUT2D eigenvalue weighted by atomic mass is 9.65. The van der Waals surface area contributed by atoms with Gasteiger partial charge in [-0.1, -0.05) is 32.9 Å². The van der Waals surface area contributed by atoms with E-state index >= 15 is 0 Å². The third kappa shape index (κ3) is 6.12. The molecule has 2 atom stereocenters. The molecule has 1 aliphatic rings. The maximum absolute atomic E-state index is 4.24. The molecule has 0 bridgehead atoms. The molecule has 1 nitrogen and oxygen atoms in total. The Morgan fingerprint density at radius 3 is 2.42 bits per heavy atom. The summed E-state index contributed by atoms with van der Waals surface area (Å²) in [5.74, 6) is 1.65. The van der Waals surface area contributed by atoms with Gasteiger partial charge >= 0.3 is 0 Å². The van der Waals surface area contributed by atoms with E-state index in [1.807, 2.05) is 0 Å². The molecule has 0 amide bonds. The van der Waals surface area contributed by atoms with Crippen molar-refractivity contribution >= 4 is 0 Å². The van der Waals surface area contributed by atoms with E-state index in [2.05, 4.69) is 53.4 Å². The fraction of sp³-hybridized carbons (Fsp3) is 0.889. The summed E-state index contributed by atoms with van der Waals surface area (Å²) in [4.78, 5) is 0. The van der Waals surface area contributed by atoms with Crippen LogP contribution >= 0.6 is 0 Å². The highest BCUT2D eigenvalue weighted by Gasteiger charge is 2.35. The van der Waals surface area contributed by atoms with Crippen molar-refractivity contribution in [2.45, 2.75) is 79.2 Å². The van der Waals surface area contributed by atoms with Gasteiger partial charge in [-0.3, -0.25) is 0 Å². The molecule has 1 N–H and O–H groups in total. The third-order valence-electron chi connectivity index (χ3n) is 4.62. The highest BCUT2D eigenvalue weighted by atomic mass is 14.9. The van der Waals surface area contributed by atoms with Crippen molar-refractivity contribution < 1.29 is 0 Å². The van der Waals surface area contributed by atoms with Crippen LogP contribution in [0.2, 0.25) is 0 Å². The maximum atomic E-state index is 4.24. The Balaban J connectivity index is 2.63. The third-order valence-corrected chi connectivity index (χ3v) is 4.62. The molecule has 0 saturated heterocycles. The van der Waals surface area contributed by atoms with Gasteiger partial charge in [0.1, 0.15) is 0 Å². The number of hydrogen-bond acceptors (Lipinski definition) is 1. The number of nitrogens with one attached hydrogen (secondary N) is 1. The summed E-state index contributed by atoms with van der Waals surface area (Å²) in [6.07, 6.45) is 6.48. The number of rotatable bonds is 5. The number of hydrogen-bond donors (Lipinski definition) is 1. The van der Waals surface area contributed by atoms with Crippen molar-refractivity contribution in [1.29, 1.82) is 0 Å². The lowest BCUT2D eigenvalue weighted by Gasteiger charge is -2.42. The molecule has 0 spiro atoms. The lowest BCUT2D eigenvalue weighted by Crippen LogP contribution is -2.43. The summed E-state index contributed by atoms with van der Waals surface area (Å²) in [5.41, 5.74) is 2.19. The summed E-state index contributed by atoms with van der Waals surface area (Å²) in [6.45, 7) is 19.3. The summed E-state index contributed by atoms with van der Waals surface area (Å²) in [5, 5.41) is 3.71. The zero-order chi connectivity index (χ0) is 14.7. The molecule has 0 aromatic heterocycles. The Hall–Kier alpha value is -0.300. The van der Waals surface area contributed by atoms with Crippen LogP contribution in [0.3, 0.4) is 0 Å². The average molecular weight is 265 g/mol. The van der Waals surface area contributed by atoms with Crippen molar-refractivity contribution in [3.05, 3.63) is 12.2 Å². The van der Waals surface area contributed by atoms with Gasteiger partial charge in [0, 0.05) is 5.54 Å². The second-order valence-corrected chi connectivity index (χ2v) is 8.37. The number of allylic oxidation sites excluding steroid dienone is 1. The van der Waals surface area contributed by atoms with Crippen molar-refractivity contribution in [1.82, 2.24) is 5.32 Å². The van der Waals surface area contributed by atoms with Crippen molar-refractivity contribution in [3.63, 3.8) is 0 Å². The quantitative estimate of drug-likeness (QED) is 0.676. The van der Waals surface area contributed by atoms with E-state index < -0.39 is 0 Å². The van der Waals surface area contributed by atoms with Crippen LogP contribution in [0.5, 0.6) is 0 Å². The van der Waals surface area contributed by atoms with E-state index in [-0.39, 0.29) is 5.54 Å². The van der Waals surface area contributed by atoms with Gasteiger partial charge < -0.3 is 5.32 Å². The molecular weight excluding hydrogens is 230 g/mol. The molecule has 1 fully saturated rings. The van der Waals surface area contributed by atoms with Crippen LogP contribution in [-0.2, 0) is 0 Å². The molecule has 0 aliphatic heterocycles. The molecule has 0 heterocycles. The van der Waals surface area contributed by atoms with Gasteiger partial charge in [0.05, 0.1) is 0 Å². The summed E-state index contributed by atoms with van der Waals surface area (Å²) >= 11 is 0. The Labute approximate surface area is 121 Å². The Kier molecular flexibility index (Phi) is 5.67. The minimum Gasteiger partial charge on any atom is -0.312 e. The standard InChI is InChI=1S/C18H35N/c1-8-14(2)11-16-12-18(6,7)10-9-15(16)13-19-17(3,4)5/h15-16,19H,2,8-13H2,1,3-7H3. The summed E-state index contributed by atoms with van der Waals surface area (Å²) in [7, 11) is 0. The van der Waals surface area contributed by atoms with E-state index in [0.717, 1.165) is 18.3 Å². The molecule has 0 aromatic carbocycles. The van der Waals surface area contributed by atoms with Gasteiger partial charge in [0.25, 0.3) is 0 Å². The summed E-state index contributed by atoms with van der Waals surface area (Å²) in [6, 6.07) is 0. The Morgan fingerprint density at radius 1 is 1.26 bits per heavy atom. The molecule has 0 radical (unpaired) electrons. The first-order chi connectivity index (χ1) is 8.63. The monoisotopic (exact) mass is 265 g/mol. The van der Waals surface area contributed by atoms with Crippen molar-refractivity contribution in [2.24, 2.45) is 17.3 Å². The van der Waals surface area contributed by atoms with Crippen LogP contribution in [0.4, 0.5) is 0 Å². The molecular formula is C18H35N. The van der Waals surface area contributed by atoms with Crippen LogP contribution in [0.1, 0.15) is 73.6 Å². The van der Waals surface area contributed by atoms with Gasteiger partial charge in [-0.2, -0.15) is 0 Å². The van der Waals surface area contributed by atoms with E-state index in [1.54, 1.807) is 0 Å². The van der Waals surface area contributed by atoms with E-state index in [4.69, 9.17) is 0 Å². The fourth-order valence-electron chi connectivity index (χ4n) is 3.25. The van der Waals surface area contributed by atoms with Crippen LogP contribution in [0, 0.1) is 17.3 Å². The molecule has 0 aromatic rings. The van der Waals surface area contributed by atoms with Gasteiger partial charge in [-0.25, -0.2) is 0 Å². The molecule has 112 valence electrons. The summed E-state index contributed by atoms with van der Waals surface area (Å²) < 4.78 is 0. The Morgan fingerprint density at radius 2 is 1.89 bits per heavy atom.